The topological polar surface area (TPSA) is 52.6 Å². The van der Waals surface area contributed by atoms with Crippen LogP contribution in [0, 0.1) is 11.8 Å². The monoisotopic (exact) mass is 371 g/mol. The average molecular weight is 372 g/mol. The molecule has 3 rings (SSSR count). The van der Waals surface area contributed by atoms with Gasteiger partial charge in [-0.1, -0.05) is 25.1 Å². The van der Waals surface area contributed by atoms with Gasteiger partial charge in [-0.2, -0.15) is 0 Å². The molecule has 5 nitrogen and oxygen atoms in total. The predicted molar refractivity (Wildman–Crippen MR) is 108 cm³/mol. The predicted octanol–water partition coefficient (Wildman–Crippen LogP) is 2.78. The molecule has 5 heteroatoms. The van der Waals surface area contributed by atoms with E-state index in [1.54, 1.807) is 19.1 Å². The van der Waals surface area contributed by atoms with Crippen molar-refractivity contribution in [2.75, 3.05) is 32.7 Å². The Morgan fingerprint density at radius 2 is 1.81 bits per heavy atom. The number of nitrogens with one attached hydrogen (secondary N) is 1. The van der Waals surface area contributed by atoms with Crippen LogP contribution < -0.4 is 5.32 Å². The molecule has 0 aromatic heterocycles. The van der Waals surface area contributed by atoms with Gasteiger partial charge in [0, 0.05) is 25.2 Å². The van der Waals surface area contributed by atoms with Crippen molar-refractivity contribution < 1.29 is 9.59 Å². The average Bonchev–Trinajstić information content (AvgIpc) is 2.70. The molecule has 1 N–H and O–H groups in total. The standard InChI is InChI=1S/C22H33N3O2/c1-17-10-13-24(14-11-17)15-19-7-6-12-25(16-19)22(27)18(2)23-21(26)20-8-4-3-5-9-20/h3-5,8-9,17-19H,6-7,10-16H2,1-2H3,(H,23,26). The number of hydrogen-bond donors (Lipinski definition) is 1. The number of carbonyl (C=O) groups is 2. The van der Waals surface area contributed by atoms with Gasteiger partial charge in [-0.15, -0.1) is 0 Å². The second-order valence-corrected chi connectivity index (χ2v) is 8.34. The van der Waals surface area contributed by atoms with Gasteiger partial charge in [0.15, 0.2) is 0 Å². The van der Waals surface area contributed by atoms with Crippen LogP contribution in [-0.2, 0) is 4.79 Å². The molecule has 0 aliphatic carbocycles. The molecule has 1 aromatic carbocycles. The summed E-state index contributed by atoms with van der Waals surface area (Å²) in [7, 11) is 0. The summed E-state index contributed by atoms with van der Waals surface area (Å²) in [6.45, 7) is 9.22. The summed E-state index contributed by atoms with van der Waals surface area (Å²) in [5.74, 6) is 1.25. The first-order valence-corrected chi connectivity index (χ1v) is 10.4. The van der Waals surface area contributed by atoms with Crippen molar-refractivity contribution in [2.45, 2.75) is 45.6 Å². The first-order valence-electron chi connectivity index (χ1n) is 10.4. The molecular weight excluding hydrogens is 338 g/mol. The maximum atomic E-state index is 12.8. The van der Waals surface area contributed by atoms with E-state index in [1.807, 2.05) is 23.1 Å². The number of amides is 2. The molecule has 0 saturated carbocycles. The summed E-state index contributed by atoms with van der Waals surface area (Å²) in [5, 5.41) is 2.85. The lowest BCUT2D eigenvalue weighted by atomic mass is 9.94. The molecule has 2 amide bonds. The highest BCUT2D eigenvalue weighted by molar-refractivity contribution is 5.97. The summed E-state index contributed by atoms with van der Waals surface area (Å²) >= 11 is 0. The fraction of sp³-hybridized carbons (Fsp3) is 0.636. The first kappa shape index (κ1) is 19.9. The van der Waals surface area contributed by atoms with Crippen LogP contribution in [0.15, 0.2) is 30.3 Å². The molecule has 0 radical (unpaired) electrons. The fourth-order valence-corrected chi connectivity index (χ4v) is 4.23. The van der Waals surface area contributed by atoms with Crippen molar-refractivity contribution >= 4 is 11.8 Å². The van der Waals surface area contributed by atoms with Gasteiger partial charge in [0.25, 0.3) is 5.91 Å². The number of benzene rings is 1. The number of hydrogen-bond acceptors (Lipinski definition) is 3. The van der Waals surface area contributed by atoms with Gasteiger partial charge >= 0.3 is 0 Å². The summed E-state index contributed by atoms with van der Waals surface area (Å²) in [5.41, 5.74) is 0.591. The van der Waals surface area contributed by atoms with Crippen LogP contribution >= 0.6 is 0 Å². The number of likely N-dealkylation sites (tertiary alicyclic amines) is 2. The van der Waals surface area contributed by atoms with Crippen molar-refractivity contribution in [3.8, 4) is 0 Å². The highest BCUT2D eigenvalue weighted by Crippen LogP contribution is 2.22. The van der Waals surface area contributed by atoms with Gasteiger partial charge in [-0.05, 0) is 69.7 Å². The molecule has 0 spiro atoms. The summed E-state index contributed by atoms with van der Waals surface area (Å²) in [4.78, 5) is 29.7. The minimum atomic E-state index is -0.493. The largest absolute Gasteiger partial charge is 0.341 e. The van der Waals surface area contributed by atoms with Crippen LogP contribution in [0.25, 0.3) is 0 Å². The fourth-order valence-electron chi connectivity index (χ4n) is 4.23. The van der Waals surface area contributed by atoms with Crippen LogP contribution in [0.1, 0.15) is 49.9 Å². The smallest absolute Gasteiger partial charge is 0.251 e. The zero-order valence-corrected chi connectivity index (χ0v) is 16.7. The molecular formula is C22H33N3O2. The van der Waals surface area contributed by atoms with E-state index >= 15 is 0 Å². The minimum Gasteiger partial charge on any atom is -0.341 e. The summed E-state index contributed by atoms with van der Waals surface area (Å²) in [6, 6.07) is 8.58. The number of piperidine rings is 2. The van der Waals surface area contributed by atoms with Gasteiger partial charge in [0.05, 0.1) is 0 Å². The van der Waals surface area contributed by atoms with E-state index in [0.29, 0.717) is 11.5 Å². The molecule has 2 aliphatic rings. The van der Waals surface area contributed by atoms with Crippen LogP contribution in [-0.4, -0.2) is 60.4 Å². The number of carbonyl (C=O) groups excluding carboxylic acids is 2. The van der Waals surface area contributed by atoms with Gasteiger partial charge in [-0.25, -0.2) is 0 Å². The molecule has 2 atom stereocenters. The van der Waals surface area contributed by atoms with Crippen LogP contribution in [0.2, 0.25) is 0 Å². The number of rotatable bonds is 5. The minimum absolute atomic E-state index is 0.0382. The van der Waals surface area contributed by atoms with Gasteiger partial charge in [-0.3, -0.25) is 9.59 Å². The molecule has 1 aromatic rings. The Hall–Kier alpha value is -1.88. The Morgan fingerprint density at radius 3 is 2.52 bits per heavy atom. The van der Waals surface area contributed by atoms with E-state index in [4.69, 9.17) is 0 Å². The highest BCUT2D eigenvalue weighted by Gasteiger charge is 2.29. The van der Waals surface area contributed by atoms with E-state index in [-0.39, 0.29) is 11.8 Å². The van der Waals surface area contributed by atoms with E-state index in [0.717, 1.165) is 32.0 Å². The molecule has 2 unspecified atom stereocenters. The van der Waals surface area contributed by atoms with Crippen molar-refractivity contribution in [2.24, 2.45) is 11.8 Å². The third-order valence-corrected chi connectivity index (χ3v) is 5.98. The van der Waals surface area contributed by atoms with Gasteiger partial charge < -0.3 is 15.1 Å². The van der Waals surface area contributed by atoms with E-state index < -0.39 is 6.04 Å². The normalized spacial score (nSPS) is 23.0. The van der Waals surface area contributed by atoms with Crippen molar-refractivity contribution in [3.05, 3.63) is 35.9 Å². The molecule has 0 bridgehead atoms. The Kier molecular flexibility index (Phi) is 6.89. The molecule has 2 saturated heterocycles. The van der Waals surface area contributed by atoms with Crippen molar-refractivity contribution in [3.63, 3.8) is 0 Å². The Morgan fingerprint density at radius 1 is 1.11 bits per heavy atom. The zero-order valence-electron chi connectivity index (χ0n) is 16.7. The Bertz CT molecular complexity index is 626. The molecule has 148 valence electrons. The summed E-state index contributed by atoms with van der Waals surface area (Å²) in [6.07, 6.45) is 4.83. The maximum absolute atomic E-state index is 12.8. The van der Waals surface area contributed by atoms with E-state index in [9.17, 15) is 9.59 Å². The highest BCUT2D eigenvalue weighted by atomic mass is 16.2. The Labute approximate surface area is 163 Å². The Balaban J connectivity index is 1.49. The summed E-state index contributed by atoms with van der Waals surface area (Å²) < 4.78 is 0. The lowest BCUT2D eigenvalue weighted by Crippen LogP contribution is -2.51. The molecule has 2 fully saturated rings. The SMILES string of the molecule is CC1CCN(CC2CCCN(C(=O)C(C)NC(=O)c3ccccc3)C2)CC1. The lowest BCUT2D eigenvalue weighted by molar-refractivity contribution is -0.134. The molecule has 2 heterocycles. The van der Waals surface area contributed by atoms with E-state index in [2.05, 4.69) is 17.1 Å². The van der Waals surface area contributed by atoms with Crippen LogP contribution in [0.4, 0.5) is 0 Å². The van der Waals surface area contributed by atoms with Gasteiger partial charge in [0.1, 0.15) is 6.04 Å². The van der Waals surface area contributed by atoms with Crippen molar-refractivity contribution in [1.82, 2.24) is 15.1 Å². The number of nitrogens with zero attached hydrogens (tertiary/aromatic N) is 2. The third-order valence-electron chi connectivity index (χ3n) is 5.98. The maximum Gasteiger partial charge on any atom is 0.251 e. The van der Waals surface area contributed by atoms with Crippen molar-refractivity contribution in [1.29, 1.82) is 0 Å². The molecule has 27 heavy (non-hydrogen) atoms. The van der Waals surface area contributed by atoms with Crippen LogP contribution in [0.3, 0.4) is 0 Å². The second-order valence-electron chi connectivity index (χ2n) is 8.34. The molecule has 2 aliphatic heterocycles. The van der Waals surface area contributed by atoms with Gasteiger partial charge in [0.2, 0.25) is 5.91 Å². The quantitative estimate of drug-likeness (QED) is 0.866. The second kappa shape index (κ2) is 9.36. The third kappa shape index (κ3) is 5.55. The first-order chi connectivity index (χ1) is 13.0. The van der Waals surface area contributed by atoms with Crippen LogP contribution in [0.5, 0.6) is 0 Å². The zero-order chi connectivity index (χ0) is 19.2. The van der Waals surface area contributed by atoms with E-state index in [1.165, 1.54) is 32.4 Å². The lowest BCUT2D eigenvalue weighted by Gasteiger charge is -2.38.